The molecule has 0 spiro atoms. The molecular weight excluding hydrogens is 260 g/mol. The molecule has 2 N–H and O–H groups in total. The molecule has 0 radical (unpaired) electrons. The SMILES string of the molecule is Cc1nc(N(C)CC(=O)NCC(C)C)ncc1C(=O)O. The maximum absolute atomic E-state index is 11.7. The molecule has 7 heteroatoms. The molecule has 0 aliphatic rings. The van der Waals surface area contributed by atoms with Crippen LogP contribution in [0.4, 0.5) is 5.95 Å². The minimum Gasteiger partial charge on any atom is -0.478 e. The van der Waals surface area contributed by atoms with Crippen LogP contribution in [0.5, 0.6) is 0 Å². The van der Waals surface area contributed by atoms with Crippen LogP contribution >= 0.6 is 0 Å². The number of carbonyl (C=O) groups excluding carboxylic acids is 1. The van der Waals surface area contributed by atoms with Gasteiger partial charge in [0.05, 0.1) is 17.8 Å². The van der Waals surface area contributed by atoms with E-state index >= 15 is 0 Å². The van der Waals surface area contributed by atoms with Crippen LogP contribution < -0.4 is 10.2 Å². The van der Waals surface area contributed by atoms with Gasteiger partial charge in [-0.05, 0) is 12.8 Å². The van der Waals surface area contributed by atoms with E-state index in [1.54, 1.807) is 18.9 Å². The molecule has 0 fully saturated rings. The fourth-order valence-electron chi connectivity index (χ4n) is 1.51. The molecular formula is C13H20N4O3. The number of amides is 1. The van der Waals surface area contributed by atoms with Crippen LogP contribution in [-0.4, -0.2) is 47.1 Å². The van der Waals surface area contributed by atoms with E-state index in [0.717, 1.165) is 0 Å². The Balaban J connectivity index is 2.68. The highest BCUT2D eigenvalue weighted by Crippen LogP contribution is 2.09. The number of carbonyl (C=O) groups is 2. The Morgan fingerprint density at radius 1 is 1.45 bits per heavy atom. The zero-order chi connectivity index (χ0) is 15.3. The van der Waals surface area contributed by atoms with Gasteiger partial charge < -0.3 is 15.3 Å². The van der Waals surface area contributed by atoms with Crippen LogP contribution in [0.2, 0.25) is 0 Å². The van der Waals surface area contributed by atoms with Crippen molar-refractivity contribution in [1.29, 1.82) is 0 Å². The largest absolute Gasteiger partial charge is 0.478 e. The molecule has 1 amide bonds. The molecule has 20 heavy (non-hydrogen) atoms. The van der Waals surface area contributed by atoms with E-state index in [-0.39, 0.29) is 18.0 Å². The summed E-state index contributed by atoms with van der Waals surface area (Å²) in [5, 5.41) is 11.7. The highest BCUT2D eigenvalue weighted by Gasteiger charge is 2.14. The number of likely N-dealkylation sites (N-methyl/N-ethyl adjacent to an activating group) is 1. The molecule has 1 rings (SSSR count). The summed E-state index contributed by atoms with van der Waals surface area (Å²) < 4.78 is 0. The highest BCUT2D eigenvalue weighted by molar-refractivity contribution is 5.88. The molecule has 110 valence electrons. The topological polar surface area (TPSA) is 95.4 Å². The van der Waals surface area contributed by atoms with Crippen LogP contribution in [-0.2, 0) is 4.79 Å². The average molecular weight is 280 g/mol. The molecule has 0 aliphatic carbocycles. The number of carboxylic acid groups (broad SMARTS) is 1. The molecule has 0 aromatic carbocycles. The molecule has 7 nitrogen and oxygen atoms in total. The standard InChI is InChI=1S/C13H20N4O3/c1-8(2)5-14-11(18)7-17(4)13-15-6-10(12(19)20)9(3)16-13/h6,8H,5,7H2,1-4H3,(H,14,18)(H,19,20). The molecule has 1 aromatic heterocycles. The van der Waals surface area contributed by atoms with E-state index < -0.39 is 5.97 Å². The highest BCUT2D eigenvalue weighted by atomic mass is 16.4. The second-order valence-corrected chi connectivity index (χ2v) is 5.03. The minimum absolute atomic E-state index is 0.0615. The van der Waals surface area contributed by atoms with Crippen molar-refractivity contribution in [3.8, 4) is 0 Å². The van der Waals surface area contributed by atoms with Crippen LogP contribution in [0.1, 0.15) is 29.9 Å². The summed E-state index contributed by atoms with van der Waals surface area (Å²) >= 11 is 0. The third kappa shape index (κ3) is 4.49. The Bertz CT molecular complexity index is 502. The van der Waals surface area contributed by atoms with E-state index in [1.165, 1.54) is 6.20 Å². The van der Waals surface area contributed by atoms with Gasteiger partial charge in [0.15, 0.2) is 0 Å². The number of carboxylic acids is 1. The van der Waals surface area contributed by atoms with Crippen molar-refractivity contribution in [1.82, 2.24) is 15.3 Å². The Labute approximate surface area is 118 Å². The summed E-state index contributed by atoms with van der Waals surface area (Å²) in [6.45, 7) is 6.37. The average Bonchev–Trinajstić information content (AvgIpc) is 2.35. The van der Waals surface area contributed by atoms with E-state index in [2.05, 4.69) is 15.3 Å². The normalized spacial score (nSPS) is 10.4. The number of aryl methyl sites for hydroxylation is 1. The number of nitrogens with one attached hydrogen (secondary N) is 1. The van der Waals surface area contributed by atoms with E-state index in [4.69, 9.17) is 5.11 Å². The molecule has 0 saturated carbocycles. The molecule has 1 aromatic rings. The van der Waals surface area contributed by atoms with Gasteiger partial charge >= 0.3 is 5.97 Å². The number of hydrogen-bond donors (Lipinski definition) is 2. The van der Waals surface area contributed by atoms with E-state index in [1.807, 2.05) is 13.8 Å². The van der Waals surface area contributed by atoms with Gasteiger partial charge in [0.25, 0.3) is 0 Å². The summed E-state index contributed by atoms with van der Waals surface area (Å²) in [6.07, 6.45) is 1.25. The number of aromatic nitrogens is 2. The third-order valence-corrected chi connectivity index (χ3v) is 2.63. The maximum atomic E-state index is 11.7. The van der Waals surface area contributed by atoms with Gasteiger partial charge in [0.2, 0.25) is 11.9 Å². The monoisotopic (exact) mass is 280 g/mol. The third-order valence-electron chi connectivity index (χ3n) is 2.63. The second kappa shape index (κ2) is 6.83. The first-order valence-corrected chi connectivity index (χ1v) is 6.36. The molecule has 0 bridgehead atoms. The quantitative estimate of drug-likeness (QED) is 0.796. The van der Waals surface area contributed by atoms with Crippen LogP contribution in [0.3, 0.4) is 0 Å². The summed E-state index contributed by atoms with van der Waals surface area (Å²) in [5.41, 5.74) is 0.434. The Kier molecular flexibility index (Phi) is 5.42. The van der Waals surface area contributed by atoms with Crippen LogP contribution in [0.15, 0.2) is 6.20 Å². The first-order valence-electron chi connectivity index (χ1n) is 6.36. The van der Waals surface area contributed by atoms with Crippen molar-refractivity contribution in [2.45, 2.75) is 20.8 Å². The molecule has 0 saturated heterocycles. The molecule has 0 aliphatic heterocycles. The lowest BCUT2D eigenvalue weighted by Gasteiger charge is -2.17. The van der Waals surface area contributed by atoms with Crippen molar-refractivity contribution < 1.29 is 14.7 Å². The predicted molar refractivity (Wildman–Crippen MR) is 74.8 cm³/mol. The van der Waals surface area contributed by atoms with Crippen LogP contribution in [0.25, 0.3) is 0 Å². The summed E-state index contributed by atoms with van der Waals surface area (Å²) in [7, 11) is 1.68. The molecule has 1 heterocycles. The second-order valence-electron chi connectivity index (χ2n) is 5.03. The van der Waals surface area contributed by atoms with Crippen molar-refractivity contribution in [3.05, 3.63) is 17.5 Å². The first kappa shape index (κ1) is 15.9. The van der Waals surface area contributed by atoms with Gasteiger partial charge in [-0.25, -0.2) is 14.8 Å². The predicted octanol–water partition coefficient (Wildman–Crippen LogP) is 0.692. The van der Waals surface area contributed by atoms with Gasteiger partial charge in [-0.1, -0.05) is 13.8 Å². The molecule has 0 atom stereocenters. The zero-order valence-corrected chi connectivity index (χ0v) is 12.2. The first-order chi connectivity index (χ1) is 9.31. The van der Waals surface area contributed by atoms with E-state index in [0.29, 0.717) is 24.1 Å². The number of anilines is 1. The van der Waals surface area contributed by atoms with Gasteiger partial charge in [-0.2, -0.15) is 0 Å². The Morgan fingerprint density at radius 3 is 2.60 bits per heavy atom. The number of rotatable bonds is 6. The fourth-order valence-corrected chi connectivity index (χ4v) is 1.51. The lowest BCUT2D eigenvalue weighted by molar-refractivity contribution is -0.119. The number of nitrogens with zero attached hydrogens (tertiary/aromatic N) is 3. The zero-order valence-electron chi connectivity index (χ0n) is 12.2. The van der Waals surface area contributed by atoms with Crippen molar-refractivity contribution in [2.75, 3.05) is 25.0 Å². The lowest BCUT2D eigenvalue weighted by Crippen LogP contribution is -2.37. The van der Waals surface area contributed by atoms with Gasteiger partial charge in [-0.3, -0.25) is 4.79 Å². The van der Waals surface area contributed by atoms with Gasteiger partial charge in [0, 0.05) is 19.8 Å². The van der Waals surface area contributed by atoms with Crippen molar-refractivity contribution >= 4 is 17.8 Å². The van der Waals surface area contributed by atoms with Crippen LogP contribution in [0, 0.1) is 12.8 Å². The smallest absolute Gasteiger partial charge is 0.339 e. The summed E-state index contributed by atoms with van der Waals surface area (Å²) in [5.74, 6) is -0.471. The van der Waals surface area contributed by atoms with E-state index in [9.17, 15) is 9.59 Å². The molecule has 0 unspecified atom stereocenters. The minimum atomic E-state index is -1.06. The maximum Gasteiger partial charge on any atom is 0.339 e. The van der Waals surface area contributed by atoms with Crippen molar-refractivity contribution in [3.63, 3.8) is 0 Å². The Morgan fingerprint density at radius 2 is 2.10 bits per heavy atom. The summed E-state index contributed by atoms with van der Waals surface area (Å²) in [4.78, 5) is 32.2. The van der Waals surface area contributed by atoms with Gasteiger partial charge in [-0.15, -0.1) is 0 Å². The number of aromatic carboxylic acids is 1. The number of hydrogen-bond acceptors (Lipinski definition) is 5. The van der Waals surface area contributed by atoms with Crippen molar-refractivity contribution in [2.24, 2.45) is 5.92 Å². The fraction of sp³-hybridized carbons (Fsp3) is 0.538. The Hall–Kier alpha value is -2.18. The van der Waals surface area contributed by atoms with Gasteiger partial charge in [0.1, 0.15) is 0 Å². The lowest BCUT2D eigenvalue weighted by atomic mass is 10.2. The summed E-state index contributed by atoms with van der Waals surface area (Å²) in [6, 6.07) is 0.